The number of guanidine groups is 1. The van der Waals surface area contributed by atoms with Crippen LogP contribution in [0.15, 0.2) is 52.2 Å². The van der Waals surface area contributed by atoms with Crippen LogP contribution in [-0.4, -0.2) is 27.3 Å². The Bertz CT molecular complexity index is 862. The topological polar surface area (TPSA) is 80.3 Å². The number of aromatic nitrogens is 3. The zero-order valence-corrected chi connectivity index (χ0v) is 15.4. The zero-order valence-electron chi connectivity index (χ0n) is 15.4. The maximum absolute atomic E-state index is 5.58. The fraction of sp³-hybridized carbons (Fsp3) is 0.316. The van der Waals surface area contributed by atoms with Crippen LogP contribution in [0, 0.1) is 6.92 Å². The van der Waals surface area contributed by atoms with Gasteiger partial charge in [0.2, 0.25) is 5.89 Å². The van der Waals surface area contributed by atoms with Crippen molar-refractivity contribution >= 4 is 5.96 Å². The summed E-state index contributed by atoms with van der Waals surface area (Å²) in [5, 5.41) is 10.7. The third kappa shape index (κ3) is 4.50. The molecule has 0 unspecified atom stereocenters. The molecule has 0 aliphatic carbocycles. The van der Waals surface area contributed by atoms with Crippen molar-refractivity contribution in [2.45, 2.75) is 26.9 Å². The van der Waals surface area contributed by atoms with E-state index in [1.54, 1.807) is 12.5 Å². The molecule has 0 spiro atoms. The van der Waals surface area contributed by atoms with Gasteiger partial charge in [-0.05, 0) is 32.0 Å². The van der Waals surface area contributed by atoms with Crippen molar-refractivity contribution in [2.24, 2.45) is 12.0 Å². The van der Waals surface area contributed by atoms with Crippen LogP contribution in [0.1, 0.15) is 23.9 Å². The Hall–Kier alpha value is -3.09. The number of nitrogens with zero attached hydrogens (tertiary/aromatic N) is 4. The van der Waals surface area contributed by atoms with E-state index in [1.807, 2.05) is 49.0 Å². The highest BCUT2D eigenvalue weighted by atomic mass is 16.3. The summed E-state index contributed by atoms with van der Waals surface area (Å²) in [5.74, 6) is 1.34. The number of rotatable bonds is 6. The minimum Gasteiger partial charge on any atom is -0.444 e. The van der Waals surface area contributed by atoms with E-state index in [4.69, 9.17) is 4.42 Å². The number of hydrogen-bond donors (Lipinski definition) is 2. The molecule has 136 valence electrons. The summed E-state index contributed by atoms with van der Waals surface area (Å²) in [6.07, 6.45) is 3.44. The van der Waals surface area contributed by atoms with Crippen molar-refractivity contribution in [3.63, 3.8) is 0 Å². The summed E-state index contributed by atoms with van der Waals surface area (Å²) in [4.78, 5) is 9.10. The number of benzene rings is 1. The van der Waals surface area contributed by atoms with E-state index in [0.717, 1.165) is 29.5 Å². The molecule has 0 fully saturated rings. The molecule has 0 atom stereocenters. The van der Waals surface area contributed by atoms with E-state index in [9.17, 15) is 0 Å². The lowest BCUT2D eigenvalue weighted by Gasteiger charge is -2.10. The number of hydrogen-bond acceptors (Lipinski definition) is 4. The number of oxazole rings is 1. The molecule has 0 aliphatic heterocycles. The van der Waals surface area contributed by atoms with Gasteiger partial charge in [-0.25, -0.2) is 9.98 Å². The fourth-order valence-corrected chi connectivity index (χ4v) is 2.46. The highest BCUT2D eigenvalue weighted by molar-refractivity contribution is 5.79. The van der Waals surface area contributed by atoms with Crippen molar-refractivity contribution in [1.29, 1.82) is 0 Å². The summed E-state index contributed by atoms with van der Waals surface area (Å²) in [5.41, 5.74) is 4.05. The summed E-state index contributed by atoms with van der Waals surface area (Å²) >= 11 is 0. The first-order chi connectivity index (χ1) is 12.7. The second-order valence-electron chi connectivity index (χ2n) is 6.00. The Morgan fingerprint density at radius 3 is 2.69 bits per heavy atom. The summed E-state index contributed by atoms with van der Waals surface area (Å²) in [6.45, 7) is 5.96. The third-order valence-electron chi connectivity index (χ3n) is 3.95. The smallest absolute Gasteiger partial charge is 0.226 e. The van der Waals surface area contributed by atoms with Crippen LogP contribution < -0.4 is 10.6 Å². The van der Waals surface area contributed by atoms with E-state index >= 15 is 0 Å². The fourth-order valence-electron chi connectivity index (χ4n) is 2.46. The summed E-state index contributed by atoms with van der Waals surface area (Å²) < 4.78 is 7.42. The second-order valence-corrected chi connectivity index (χ2v) is 6.00. The predicted octanol–water partition coefficient (Wildman–Crippen LogP) is 2.64. The van der Waals surface area contributed by atoms with Gasteiger partial charge in [0.25, 0.3) is 0 Å². The molecule has 0 bridgehead atoms. The highest BCUT2D eigenvalue weighted by Gasteiger charge is 2.07. The molecule has 0 aliphatic rings. The minimum absolute atomic E-state index is 0.441. The largest absolute Gasteiger partial charge is 0.444 e. The lowest BCUT2D eigenvalue weighted by atomic mass is 10.1. The molecular formula is C19H24N6O. The molecule has 2 heterocycles. The molecule has 0 amide bonds. The first-order valence-corrected chi connectivity index (χ1v) is 8.66. The standard InChI is InChI=1S/C19H24N6O/c1-4-20-19(22-12-17-9-10-23-25(17)3)21-11-16-13-26-18(24-16)15-7-5-14(2)6-8-15/h5-10,13H,4,11-12H2,1-3H3,(H2,20,21,22). The predicted molar refractivity (Wildman–Crippen MR) is 102 cm³/mol. The van der Waals surface area contributed by atoms with E-state index in [2.05, 4.69) is 32.6 Å². The molecule has 7 heteroatoms. The van der Waals surface area contributed by atoms with Gasteiger partial charge >= 0.3 is 0 Å². The van der Waals surface area contributed by atoms with Crippen molar-refractivity contribution in [2.75, 3.05) is 6.54 Å². The van der Waals surface area contributed by atoms with E-state index < -0.39 is 0 Å². The minimum atomic E-state index is 0.441. The molecule has 0 saturated carbocycles. The van der Waals surface area contributed by atoms with Crippen LogP contribution in [0.3, 0.4) is 0 Å². The van der Waals surface area contributed by atoms with Crippen LogP contribution in [0.2, 0.25) is 0 Å². The van der Waals surface area contributed by atoms with E-state index in [0.29, 0.717) is 19.0 Å². The van der Waals surface area contributed by atoms with Gasteiger partial charge in [-0.2, -0.15) is 5.10 Å². The number of aryl methyl sites for hydroxylation is 2. The molecule has 1 aromatic carbocycles. The molecular weight excluding hydrogens is 328 g/mol. The monoisotopic (exact) mass is 352 g/mol. The lowest BCUT2D eigenvalue weighted by molar-refractivity contribution is 0.572. The second kappa shape index (κ2) is 8.33. The quantitative estimate of drug-likeness (QED) is 0.527. The highest BCUT2D eigenvalue weighted by Crippen LogP contribution is 2.19. The van der Waals surface area contributed by atoms with Gasteiger partial charge in [0.15, 0.2) is 5.96 Å². The van der Waals surface area contributed by atoms with Gasteiger partial charge in [-0.3, -0.25) is 4.68 Å². The molecule has 2 aromatic heterocycles. The lowest BCUT2D eigenvalue weighted by Crippen LogP contribution is -2.37. The van der Waals surface area contributed by atoms with Gasteiger partial charge in [-0.1, -0.05) is 17.7 Å². The molecule has 0 radical (unpaired) electrons. The Kier molecular flexibility index (Phi) is 5.68. The van der Waals surface area contributed by atoms with E-state index in [1.165, 1.54) is 5.56 Å². The average molecular weight is 352 g/mol. The van der Waals surface area contributed by atoms with Crippen molar-refractivity contribution in [1.82, 2.24) is 25.4 Å². The van der Waals surface area contributed by atoms with Crippen molar-refractivity contribution in [3.8, 4) is 11.5 Å². The van der Waals surface area contributed by atoms with Gasteiger partial charge in [0.1, 0.15) is 12.0 Å². The van der Waals surface area contributed by atoms with E-state index in [-0.39, 0.29) is 0 Å². The van der Waals surface area contributed by atoms with Crippen LogP contribution in [0.5, 0.6) is 0 Å². The maximum atomic E-state index is 5.58. The molecule has 3 aromatic rings. The van der Waals surface area contributed by atoms with Gasteiger partial charge in [0, 0.05) is 25.4 Å². The molecule has 7 nitrogen and oxygen atoms in total. The Labute approximate surface area is 153 Å². The van der Waals surface area contributed by atoms with Crippen molar-refractivity contribution in [3.05, 3.63) is 59.7 Å². The third-order valence-corrected chi connectivity index (χ3v) is 3.95. The van der Waals surface area contributed by atoms with Gasteiger partial charge in [-0.15, -0.1) is 0 Å². The Balaban J connectivity index is 1.64. The summed E-state index contributed by atoms with van der Waals surface area (Å²) in [6, 6.07) is 10.1. The molecule has 26 heavy (non-hydrogen) atoms. The van der Waals surface area contributed by atoms with Crippen LogP contribution in [0.25, 0.3) is 11.5 Å². The Morgan fingerprint density at radius 2 is 2.00 bits per heavy atom. The maximum Gasteiger partial charge on any atom is 0.226 e. The van der Waals surface area contributed by atoms with Crippen LogP contribution in [0.4, 0.5) is 0 Å². The molecule has 3 rings (SSSR count). The first kappa shape index (κ1) is 17.7. The average Bonchev–Trinajstić information content (AvgIpc) is 3.27. The van der Waals surface area contributed by atoms with Gasteiger partial charge in [0.05, 0.1) is 18.8 Å². The normalized spacial score (nSPS) is 11.6. The molecule has 0 saturated heterocycles. The van der Waals surface area contributed by atoms with Crippen molar-refractivity contribution < 1.29 is 4.42 Å². The van der Waals surface area contributed by atoms with Gasteiger partial charge < -0.3 is 15.1 Å². The zero-order chi connectivity index (χ0) is 18.4. The van der Waals surface area contributed by atoms with Crippen LogP contribution >= 0.6 is 0 Å². The Morgan fingerprint density at radius 1 is 1.19 bits per heavy atom. The summed E-state index contributed by atoms with van der Waals surface area (Å²) in [7, 11) is 1.92. The molecule has 2 N–H and O–H groups in total. The first-order valence-electron chi connectivity index (χ1n) is 8.66. The SMILES string of the molecule is CCNC(=NCc1coc(-c2ccc(C)cc2)n1)NCc1ccnn1C. The van der Waals surface area contributed by atoms with Crippen LogP contribution in [-0.2, 0) is 20.1 Å². The number of aliphatic imine (C=N–C) groups is 1. The number of nitrogens with one attached hydrogen (secondary N) is 2.